The summed E-state index contributed by atoms with van der Waals surface area (Å²) in [5, 5.41) is 3.76. The lowest BCUT2D eigenvalue weighted by atomic mass is 10.2. The van der Waals surface area contributed by atoms with Gasteiger partial charge in [-0.2, -0.15) is 0 Å². The zero-order valence-corrected chi connectivity index (χ0v) is 9.69. The van der Waals surface area contributed by atoms with E-state index < -0.39 is 0 Å². The van der Waals surface area contributed by atoms with Crippen LogP contribution in [0.4, 0.5) is 10.5 Å². The van der Waals surface area contributed by atoms with Crippen molar-refractivity contribution < 1.29 is 4.79 Å². The minimum Gasteiger partial charge on any atom is -0.336 e. The van der Waals surface area contributed by atoms with Crippen LogP contribution in [0.3, 0.4) is 0 Å². The predicted molar refractivity (Wildman–Crippen MR) is 61.9 cm³/mol. The normalized spacial score (nSPS) is 15.7. The van der Waals surface area contributed by atoms with Gasteiger partial charge in [0.1, 0.15) is 0 Å². The van der Waals surface area contributed by atoms with E-state index in [9.17, 15) is 4.79 Å². The Kier molecular flexibility index (Phi) is 2.76. The van der Waals surface area contributed by atoms with E-state index in [4.69, 9.17) is 23.2 Å². The second-order valence-electron chi connectivity index (χ2n) is 3.41. The van der Waals surface area contributed by atoms with Gasteiger partial charge in [0.25, 0.3) is 0 Å². The Labute approximate surface area is 98.0 Å². The molecule has 1 heterocycles. The maximum absolute atomic E-state index is 11.5. The van der Waals surface area contributed by atoms with Gasteiger partial charge in [-0.05, 0) is 18.6 Å². The highest BCUT2D eigenvalue weighted by atomic mass is 35.5. The summed E-state index contributed by atoms with van der Waals surface area (Å²) in [5.74, 6) is 0. The molecule has 0 aromatic heterocycles. The molecule has 3 nitrogen and oxygen atoms in total. The molecule has 80 valence electrons. The van der Waals surface area contributed by atoms with E-state index in [1.54, 1.807) is 11.0 Å². The van der Waals surface area contributed by atoms with Crippen LogP contribution in [0, 0.1) is 6.92 Å². The van der Waals surface area contributed by atoms with Crippen LogP contribution in [0.15, 0.2) is 12.1 Å². The van der Waals surface area contributed by atoms with Crippen molar-refractivity contribution >= 4 is 34.9 Å². The highest BCUT2D eigenvalue weighted by Crippen LogP contribution is 2.36. The molecule has 1 aromatic rings. The predicted octanol–water partition coefficient (Wildman–Crippen LogP) is 2.83. The van der Waals surface area contributed by atoms with Gasteiger partial charge in [-0.15, -0.1) is 0 Å². The second kappa shape index (κ2) is 3.91. The zero-order valence-electron chi connectivity index (χ0n) is 8.18. The molecule has 1 saturated heterocycles. The van der Waals surface area contributed by atoms with Crippen LogP contribution in [-0.4, -0.2) is 19.1 Å². The Hall–Kier alpha value is -0.930. The first-order valence-corrected chi connectivity index (χ1v) is 5.37. The first-order chi connectivity index (χ1) is 7.11. The fraction of sp³-hybridized carbons (Fsp3) is 0.300. The van der Waals surface area contributed by atoms with Gasteiger partial charge in [-0.3, -0.25) is 4.90 Å². The number of rotatable bonds is 1. The summed E-state index contributed by atoms with van der Waals surface area (Å²) in [4.78, 5) is 13.1. The molecule has 0 spiro atoms. The van der Waals surface area contributed by atoms with E-state index in [2.05, 4.69) is 5.32 Å². The third kappa shape index (κ3) is 1.77. The van der Waals surface area contributed by atoms with Crippen molar-refractivity contribution in [3.05, 3.63) is 27.7 Å². The number of urea groups is 1. The standard InChI is InChI=1S/C10H10Cl2N2O/c1-6-2-3-7(11)9(8(6)12)14-5-4-13-10(14)15/h2-3H,4-5H2,1H3,(H,13,15). The van der Waals surface area contributed by atoms with Crippen molar-refractivity contribution in [2.45, 2.75) is 6.92 Å². The topological polar surface area (TPSA) is 32.3 Å². The smallest absolute Gasteiger partial charge is 0.322 e. The van der Waals surface area contributed by atoms with Crippen molar-refractivity contribution in [3.8, 4) is 0 Å². The molecular weight excluding hydrogens is 235 g/mol. The third-order valence-electron chi connectivity index (χ3n) is 2.39. The number of hydrogen-bond acceptors (Lipinski definition) is 1. The van der Waals surface area contributed by atoms with Crippen molar-refractivity contribution in [2.75, 3.05) is 18.0 Å². The molecule has 2 rings (SSSR count). The van der Waals surface area contributed by atoms with Crippen LogP contribution in [0.5, 0.6) is 0 Å². The minimum atomic E-state index is -0.149. The molecule has 1 aliphatic heterocycles. The van der Waals surface area contributed by atoms with Crippen LogP contribution >= 0.6 is 23.2 Å². The van der Waals surface area contributed by atoms with Gasteiger partial charge in [0.15, 0.2) is 0 Å². The molecule has 0 bridgehead atoms. The van der Waals surface area contributed by atoms with Crippen LogP contribution < -0.4 is 10.2 Å². The molecule has 0 saturated carbocycles. The van der Waals surface area contributed by atoms with Crippen molar-refractivity contribution in [1.82, 2.24) is 5.32 Å². The molecule has 1 fully saturated rings. The van der Waals surface area contributed by atoms with Gasteiger partial charge in [0, 0.05) is 13.1 Å². The summed E-state index contributed by atoms with van der Waals surface area (Å²) >= 11 is 12.2. The molecule has 0 aliphatic carbocycles. The molecule has 0 unspecified atom stereocenters. The van der Waals surface area contributed by atoms with E-state index >= 15 is 0 Å². The quantitative estimate of drug-likeness (QED) is 0.810. The number of benzene rings is 1. The average molecular weight is 245 g/mol. The minimum absolute atomic E-state index is 0.149. The van der Waals surface area contributed by atoms with Gasteiger partial charge < -0.3 is 5.32 Å². The SMILES string of the molecule is Cc1ccc(Cl)c(N2CCNC2=O)c1Cl. The highest BCUT2D eigenvalue weighted by molar-refractivity contribution is 6.40. The van der Waals surface area contributed by atoms with Crippen LogP contribution in [0.2, 0.25) is 10.0 Å². The zero-order chi connectivity index (χ0) is 11.0. The van der Waals surface area contributed by atoms with E-state index in [-0.39, 0.29) is 6.03 Å². The summed E-state index contributed by atoms with van der Waals surface area (Å²) in [5.41, 5.74) is 1.52. The summed E-state index contributed by atoms with van der Waals surface area (Å²) in [6.07, 6.45) is 0. The Bertz CT molecular complexity index is 420. The van der Waals surface area contributed by atoms with Crippen LogP contribution in [-0.2, 0) is 0 Å². The van der Waals surface area contributed by atoms with E-state index in [1.807, 2.05) is 13.0 Å². The number of hydrogen-bond donors (Lipinski definition) is 1. The summed E-state index contributed by atoms with van der Waals surface area (Å²) < 4.78 is 0. The fourth-order valence-electron chi connectivity index (χ4n) is 1.57. The van der Waals surface area contributed by atoms with Gasteiger partial charge in [-0.25, -0.2) is 4.79 Å². The number of anilines is 1. The number of amides is 2. The Morgan fingerprint density at radius 1 is 1.40 bits per heavy atom. The molecule has 1 N–H and O–H groups in total. The number of nitrogens with zero attached hydrogens (tertiary/aromatic N) is 1. The molecule has 2 amide bonds. The maximum Gasteiger partial charge on any atom is 0.322 e. The monoisotopic (exact) mass is 244 g/mol. The highest BCUT2D eigenvalue weighted by Gasteiger charge is 2.25. The van der Waals surface area contributed by atoms with Crippen LogP contribution in [0.1, 0.15) is 5.56 Å². The molecule has 1 aliphatic rings. The molecular formula is C10H10Cl2N2O. The number of aryl methyl sites for hydroxylation is 1. The number of nitrogens with one attached hydrogen (secondary N) is 1. The lowest BCUT2D eigenvalue weighted by molar-refractivity contribution is 0.252. The molecule has 0 radical (unpaired) electrons. The first-order valence-electron chi connectivity index (χ1n) is 4.61. The van der Waals surface area contributed by atoms with Gasteiger partial charge >= 0.3 is 6.03 Å². The summed E-state index contributed by atoms with van der Waals surface area (Å²) in [7, 11) is 0. The average Bonchev–Trinajstić information content (AvgIpc) is 2.60. The summed E-state index contributed by atoms with van der Waals surface area (Å²) in [6, 6.07) is 3.44. The maximum atomic E-state index is 11.5. The second-order valence-corrected chi connectivity index (χ2v) is 4.20. The lowest BCUT2D eigenvalue weighted by Gasteiger charge is -2.18. The first kappa shape index (κ1) is 10.6. The summed E-state index contributed by atoms with van der Waals surface area (Å²) in [6.45, 7) is 3.11. The Morgan fingerprint density at radius 3 is 2.73 bits per heavy atom. The molecule has 15 heavy (non-hydrogen) atoms. The van der Waals surface area contributed by atoms with Crippen LogP contribution in [0.25, 0.3) is 0 Å². The van der Waals surface area contributed by atoms with Crippen molar-refractivity contribution in [3.63, 3.8) is 0 Å². The Balaban J connectivity index is 2.51. The third-order valence-corrected chi connectivity index (χ3v) is 3.17. The van der Waals surface area contributed by atoms with Gasteiger partial charge in [-0.1, -0.05) is 29.3 Å². The Morgan fingerprint density at radius 2 is 2.13 bits per heavy atom. The van der Waals surface area contributed by atoms with Crippen molar-refractivity contribution in [1.29, 1.82) is 0 Å². The van der Waals surface area contributed by atoms with Gasteiger partial charge in [0.05, 0.1) is 15.7 Å². The largest absolute Gasteiger partial charge is 0.336 e. The lowest BCUT2D eigenvalue weighted by Crippen LogP contribution is -2.28. The number of carbonyl (C=O) groups excluding carboxylic acids is 1. The number of carbonyl (C=O) groups is 1. The molecule has 0 atom stereocenters. The van der Waals surface area contributed by atoms with E-state index in [0.717, 1.165) is 5.56 Å². The van der Waals surface area contributed by atoms with E-state index in [0.29, 0.717) is 28.8 Å². The molecule has 5 heteroatoms. The van der Waals surface area contributed by atoms with Crippen molar-refractivity contribution in [2.24, 2.45) is 0 Å². The number of halogens is 2. The molecule has 1 aromatic carbocycles. The van der Waals surface area contributed by atoms with Gasteiger partial charge in [0.2, 0.25) is 0 Å². The van der Waals surface area contributed by atoms with E-state index in [1.165, 1.54) is 0 Å². The fourth-order valence-corrected chi connectivity index (χ4v) is 2.15.